The van der Waals surface area contributed by atoms with Crippen LogP contribution in [0.4, 0.5) is 4.79 Å². The highest BCUT2D eigenvalue weighted by Gasteiger charge is 2.15. The Morgan fingerprint density at radius 2 is 2.00 bits per heavy atom. The van der Waals surface area contributed by atoms with Gasteiger partial charge in [0, 0.05) is 0 Å². The molecule has 4 nitrogen and oxygen atoms in total. The molecule has 0 saturated carbocycles. The maximum atomic E-state index is 11.4. The molecule has 0 aliphatic rings. The van der Waals surface area contributed by atoms with E-state index in [2.05, 4.69) is 5.32 Å². The predicted molar refractivity (Wildman–Crippen MR) is 76.2 cm³/mol. The smallest absolute Gasteiger partial charge is 0.407 e. The van der Waals surface area contributed by atoms with Crippen molar-refractivity contribution in [1.82, 2.24) is 5.32 Å². The van der Waals surface area contributed by atoms with E-state index in [9.17, 15) is 4.79 Å². The van der Waals surface area contributed by atoms with Gasteiger partial charge in [-0.1, -0.05) is 29.3 Å². The monoisotopic (exact) mass is 305 g/mol. The van der Waals surface area contributed by atoms with Crippen molar-refractivity contribution in [3.05, 3.63) is 28.2 Å². The zero-order valence-corrected chi connectivity index (χ0v) is 12.6. The molecule has 1 amide bonds. The van der Waals surface area contributed by atoms with Crippen LogP contribution in [0.1, 0.15) is 20.8 Å². The Labute approximate surface area is 123 Å². The lowest BCUT2D eigenvalue weighted by atomic mass is 10.2. The zero-order chi connectivity index (χ0) is 14.5. The highest BCUT2D eigenvalue weighted by Crippen LogP contribution is 2.31. The first-order valence-corrected chi connectivity index (χ1v) is 6.59. The standard InChI is InChI=1S/C13H17Cl2NO3/c1-13(2,3)19-12(17)16-7-8-18-10-6-4-5-9(14)11(10)15/h4-6H,7-8H2,1-3H3,(H,16,17). The average molecular weight is 306 g/mol. The first-order valence-electron chi connectivity index (χ1n) is 5.83. The minimum atomic E-state index is -0.513. The van der Waals surface area contributed by atoms with Crippen molar-refractivity contribution in [2.24, 2.45) is 0 Å². The Morgan fingerprint density at radius 3 is 2.63 bits per heavy atom. The zero-order valence-electron chi connectivity index (χ0n) is 11.1. The fourth-order valence-electron chi connectivity index (χ4n) is 1.22. The minimum absolute atomic E-state index is 0.277. The van der Waals surface area contributed by atoms with Crippen LogP contribution in [-0.4, -0.2) is 24.8 Å². The first-order chi connectivity index (χ1) is 8.79. The molecule has 0 heterocycles. The second-order valence-electron chi connectivity index (χ2n) is 4.83. The summed E-state index contributed by atoms with van der Waals surface area (Å²) >= 11 is 11.8. The van der Waals surface area contributed by atoms with Crippen molar-refractivity contribution >= 4 is 29.3 Å². The number of amides is 1. The molecular weight excluding hydrogens is 289 g/mol. The van der Waals surface area contributed by atoms with Crippen molar-refractivity contribution in [2.45, 2.75) is 26.4 Å². The number of hydrogen-bond donors (Lipinski definition) is 1. The van der Waals surface area contributed by atoms with Gasteiger partial charge in [-0.05, 0) is 32.9 Å². The lowest BCUT2D eigenvalue weighted by molar-refractivity contribution is 0.0520. The molecule has 1 aromatic rings. The van der Waals surface area contributed by atoms with Crippen LogP contribution in [0, 0.1) is 0 Å². The lowest BCUT2D eigenvalue weighted by Crippen LogP contribution is -2.34. The van der Waals surface area contributed by atoms with E-state index in [1.54, 1.807) is 39.0 Å². The van der Waals surface area contributed by atoms with Gasteiger partial charge >= 0.3 is 6.09 Å². The number of alkyl carbamates (subject to hydrolysis) is 1. The van der Waals surface area contributed by atoms with E-state index in [1.165, 1.54) is 0 Å². The molecule has 0 bridgehead atoms. The first kappa shape index (κ1) is 15.9. The molecule has 0 saturated heterocycles. The summed E-state index contributed by atoms with van der Waals surface area (Å²) in [6.45, 7) is 6.00. The third-order valence-electron chi connectivity index (χ3n) is 1.94. The Kier molecular flexibility index (Phi) is 5.76. The highest BCUT2D eigenvalue weighted by molar-refractivity contribution is 6.42. The number of nitrogens with one attached hydrogen (secondary N) is 1. The number of rotatable bonds is 4. The van der Waals surface area contributed by atoms with Crippen molar-refractivity contribution in [3.8, 4) is 5.75 Å². The maximum absolute atomic E-state index is 11.4. The molecule has 0 spiro atoms. The Morgan fingerprint density at radius 1 is 1.32 bits per heavy atom. The van der Waals surface area contributed by atoms with E-state index in [0.717, 1.165) is 0 Å². The summed E-state index contributed by atoms with van der Waals surface area (Å²) in [5, 5.41) is 3.37. The fraction of sp³-hybridized carbons (Fsp3) is 0.462. The van der Waals surface area contributed by atoms with E-state index in [4.69, 9.17) is 32.7 Å². The summed E-state index contributed by atoms with van der Waals surface area (Å²) < 4.78 is 10.5. The molecule has 0 aromatic heterocycles. The van der Waals surface area contributed by atoms with E-state index < -0.39 is 11.7 Å². The van der Waals surface area contributed by atoms with Gasteiger partial charge in [0.2, 0.25) is 0 Å². The van der Waals surface area contributed by atoms with Crippen LogP contribution < -0.4 is 10.1 Å². The SMILES string of the molecule is CC(C)(C)OC(=O)NCCOc1cccc(Cl)c1Cl. The predicted octanol–water partition coefficient (Wildman–Crippen LogP) is 3.90. The molecule has 0 aliphatic carbocycles. The summed E-state index contributed by atoms with van der Waals surface area (Å²) in [6.07, 6.45) is -0.478. The number of halogens is 2. The number of hydrogen-bond acceptors (Lipinski definition) is 3. The average Bonchev–Trinajstić information content (AvgIpc) is 2.27. The lowest BCUT2D eigenvalue weighted by Gasteiger charge is -2.19. The van der Waals surface area contributed by atoms with Gasteiger partial charge in [-0.3, -0.25) is 0 Å². The van der Waals surface area contributed by atoms with Crippen molar-refractivity contribution < 1.29 is 14.3 Å². The molecule has 0 aliphatic heterocycles. The molecular formula is C13H17Cl2NO3. The van der Waals surface area contributed by atoms with Crippen LogP contribution in [0.2, 0.25) is 10.0 Å². The molecule has 1 N–H and O–H groups in total. The molecule has 6 heteroatoms. The quantitative estimate of drug-likeness (QED) is 0.858. The number of carbonyl (C=O) groups excluding carboxylic acids is 1. The third kappa shape index (κ3) is 6.03. The molecule has 0 radical (unpaired) electrons. The van der Waals surface area contributed by atoms with Crippen LogP contribution >= 0.6 is 23.2 Å². The van der Waals surface area contributed by atoms with E-state index in [0.29, 0.717) is 22.3 Å². The van der Waals surface area contributed by atoms with Crippen molar-refractivity contribution in [1.29, 1.82) is 0 Å². The van der Waals surface area contributed by atoms with Crippen LogP contribution in [0.3, 0.4) is 0 Å². The number of ether oxygens (including phenoxy) is 2. The summed E-state index contributed by atoms with van der Waals surface area (Å²) in [4.78, 5) is 11.4. The third-order valence-corrected chi connectivity index (χ3v) is 2.75. The number of benzene rings is 1. The second kappa shape index (κ2) is 6.87. The van der Waals surface area contributed by atoms with Gasteiger partial charge in [0.1, 0.15) is 23.0 Å². The highest BCUT2D eigenvalue weighted by atomic mass is 35.5. The van der Waals surface area contributed by atoms with Crippen molar-refractivity contribution in [3.63, 3.8) is 0 Å². The van der Waals surface area contributed by atoms with Gasteiger partial charge in [0.15, 0.2) is 0 Å². The fourth-order valence-corrected chi connectivity index (χ4v) is 1.57. The maximum Gasteiger partial charge on any atom is 0.407 e. The van der Waals surface area contributed by atoms with E-state index >= 15 is 0 Å². The summed E-state index contributed by atoms with van der Waals surface area (Å²) in [6, 6.07) is 5.13. The van der Waals surface area contributed by atoms with Crippen LogP contribution in [-0.2, 0) is 4.74 Å². The van der Waals surface area contributed by atoms with Gasteiger partial charge < -0.3 is 14.8 Å². The van der Waals surface area contributed by atoms with E-state index in [-0.39, 0.29) is 6.61 Å². The minimum Gasteiger partial charge on any atom is -0.490 e. The van der Waals surface area contributed by atoms with Crippen LogP contribution in [0.5, 0.6) is 5.75 Å². The normalized spacial score (nSPS) is 11.0. The molecule has 0 unspecified atom stereocenters. The summed E-state index contributed by atoms with van der Waals surface area (Å²) in [7, 11) is 0. The van der Waals surface area contributed by atoms with Crippen molar-refractivity contribution in [2.75, 3.05) is 13.2 Å². The number of carbonyl (C=O) groups is 1. The van der Waals surface area contributed by atoms with Gasteiger partial charge in [-0.2, -0.15) is 0 Å². The second-order valence-corrected chi connectivity index (χ2v) is 5.61. The molecule has 1 aromatic carbocycles. The topological polar surface area (TPSA) is 47.6 Å². The van der Waals surface area contributed by atoms with Gasteiger partial charge in [0.25, 0.3) is 0 Å². The molecule has 19 heavy (non-hydrogen) atoms. The van der Waals surface area contributed by atoms with Gasteiger partial charge in [0.05, 0.1) is 11.6 Å². The molecule has 106 valence electrons. The van der Waals surface area contributed by atoms with Crippen LogP contribution in [0.25, 0.3) is 0 Å². The summed E-state index contributed by atoms with van der Waals surface area (Å²) in [5.41, 5.74) is -0.513. The molecule has 1 rings (SSSR count). The summed E-state index contributed by atoms with van der Waals surface area (Å²) in [5.74, 6) is 0.486. The van der Waals surface area contributed by atoms with Gasteiger partial charge in [-0.15, -0.1) is 0 Å². The van der Waals surface area contributed by atoms with E-state index in [1.807, 2.05) is 0 Å². The Balaban J connectivity index is 2.32. The largest absolute Gasteiger partial charge is 0.490 e. The molecule has 0 fully saturated rings. The van der Waals surface area contributed by atoms with Crippen LogP contribution in [0.15, 0.2) is 18.2 Å². The Bertz CT molecular complexity index is 444. The molecule has 0 atom stereocenters. The van der Waals surface area contributed by atoms with Gasteiger partial charge in [-0.25, -0.2) is 4.79 Å². The Hall–Kier alpha value is -1.13.